The first-order valence-corrected chi connectivity index (χ1v) is 12.4. The molecule has 1 aliphatic heterocycles. The Morgan fingerprint density at radius 3 is 2.47 bits per heavy atom. The average molecular weight is 479 g/mol. The van der Waals surface area contributed by atoms with E-state index >= 15 is 0 Å². The molecule has 1 fully saturated rings. The van der Waals surface area contributed by atoms with Crippen molar-refractivity contribution in [3.63, 3.8) is 0 Å². The lowest BCUT2D eigenvalue weighted by molar-refractivity contribution is -0.121. The largest absolute Gasteiger partial charge is 0.352 e. The van der Waals surface area contributed by atoms with Gasteiger partial charge in [-0.05, 0) is 42.9 Å². The van der Waals surface area contributed by atoms with Crippen molar-refractivity contribution in [1.29, 1.82) is 0 Å². The summed E-state index contributed by atoms with van der Waals surface area (Å²) in [5.41, 5.74) is 4.56. The predicted molar refractivity (Wildman–Crippen MR) is 138 cm³/mol. The number of likely N-dealkylation sites (N-methyl/N-ethyl adjacent to an activating group) is 1. The van der Waals surface area contributed by atoms with Gasteiger partial charge in [0.15, 0.2) is 10.6 Å². The number of carbonyl (C=O) groups excluding carboxylic acids is 1. The fourth-order valence-corrected chi connectivity index (χ4v) is 4.54. The predicted octanol–water partition coefficient (Wildman–Crippen LogP) is 3.76. The maximum absolute atomic E-state index is 12.5. The third-order valence-electron chi connectivity index (χ3n) is 6.43. The number of amides is 1. The van der Waals surface area contributed by atoms with Gasteiger partial charge < -0.3 is 10.2 Å². The highest BCUT2D eigenvalue weighted by atomic mass is 32.1. The lowest BCUT2D eigenvalue weighted by atomic mass is 10.1. The van der Waals surface area contributed by atoms with Crippen molar-refractivity contribution in [2.24, 2.45) is 0 Å². The normalized spacial score (nSPS) is 14.9. The summed E-state index contributed by atoms with van der Waals surface area (Å²) < 4.78 is 2.41. The van der Waals surface area contributed by atoms with Gasteiger partial charge in [0.05, 0.1) is 0 Å². The Labute approximate surface area is 206 Å². The van der Waals surface area contributed by atoms with Gasteiger partial charge in [0.2, 0.25) is 5.91 Å². The summed E-state index contributed by atoms with van der Waals surface area (Å²) in [4.78, 5) is 17.5. The van der Waals surface area contributed by atoms with Crippen LogP contribution in [0.2, 0.25) is 0 Å². The smallest absolute Gasteiger partial charge is 0.222 e. The van der Waals surface area contributed by atoms with Crippen LogP contribution in [0.3, 0.4) is 0 Å². The Bertz CT molecular complexity index is 1140. The number of H-pyrrole nitrogens is 1. The van der Waals surface area contributed by atoms with Crippen LogP contribution >= 0.6 is 12.2 Å². The highest BCUT2D eigenvalue weighted by molar-refractivity contribution is 7.71. The second kappa shape index (κ2) is 11.6. The zero-order valence-electron chi connectivity index (χ0n) is 20.1. The Morgan fingerprint density at radius 1 is 1.06 bits per heavy atom. The van der Waals surface area contributed by atoms with Crippen molar-refractivity contribution in [1.82, 2.24) is 29.9 Å². The van der Waals surface area contributed by atoms with E-state index in [4.69, 9.17) is 12.2 Å². The van der Waals surface area contributed by atoms with Crippen molar-refractivity contribution >= 4 is 18.1 Å². The molecule has 7 nitrogen and oxygen atoms in total. The highest BCUT2D eigenvalue weighted by Gasteiger charge is 2.15. The highest BCUT2D eigenvalue weighted by Crippen LogP contribution is 2.19. The van der Waals surface area contributed by atoms with E-state index in [0.717, 1.165) is 61.8 Å². The molecule has 0 saturated carbocycles. The zero-order valence-corrected chi connectivity index (χ0v) is 20.9. The maximum Gasteiger partial charge on any atom is 0.222 e. The fraction of sp³-hybridized carbons (Fsp3) is 0.423. The fourth-order valence-electron chi connectivity index (χ4n) is 4.32. The van der Waals surface area contributed by atoms with Gasteiger partial charge in [-0.3, -0.25) is 19.4 Å². The molecule has 34 heavy (non-hydrogen) atoms. The summed E-state index contributed by atoms with van der Waals surface area (Å²) in [6.07, 6.45) is 0.342. The quantitative estimate of drug-likeness (QED) is 0.459. The van der Waals surface area contributed by atoms with Gasteiger partial charge in [0.25, 0.3) is 0 Å². The van der Waals surface area contributed by atoms with E-state index in [1.54, 1.807) is 0 Å². The number of rotatable bonds is 9. The van der Waals surface area contributed by atoms with Gasteiger partial charge in [0, 0.05) is 57.8 Å². The number of benzene rings is 2. The third kappa shape index (κ3) is 6.40. The van der Waals surface area contributed by atoms with Crippen LogP contribution in [0, 0.1) is 11.7 Å². The molecule has 2 heterocycles. The van der Waals surface area contributed by atoms with Crippen LogP contribution in [0.25, 0.3) is 11.4 Å². The molecule has 0 aliphatic carbocycles. The topological polar surface area (TPSA) is 69.2 Å². The Kier molecular flexibility index (Phi) is 8.26. The van der Waals surface area contributed by atoms with Crippen LogP contribution in [0.4, 0.5) is 0 Å². The summed E-state index contributed by atoms with van der Waals surface area (Å²) >= 11 is 5.39. The number of nitrogens with zero attached hydrogens (tertiary/aromatic N) is 4. The number of hydrogen-bond acceptors (Lipinski definition) is 5. The second-order valence-electron chi connectivity index (χ2n) is 8.93. The number of nitrogens with one attached hydrogen (secondary N) is 2. The standard InChI is InChI=1S/C26H34N6OS/c1-3-30-13-15-31(16-14-30)19-22-9-7-21(8-10-22)18-27-24(33)11-12-32-25(28-29-26(32)34)23-6-4-5-20(2)17-23/h4-10,17H,3,11-16,18-19H2,1-2H3,(H,27,33)(H,29,34). The zero-order chi connectivity index (χ0) is 23.9. The first kappa shape index (κ1) is 24.3. The molecule has 2 N–H and O–H groups in total. The molecule has 0 unspecified atom stereocenters. The van der Waals surface area contributed by atoms with Gasteiger partial charge in [-0.1, -0.05) is 55.0 Å². The number of hydrogen-bond donors (Lipinski definition) is 2. The minimum Gasteiger partial charge on any atom is -0.352 e. The van der Waals surface area contributed by atoms with E-state index in [2.05, 4.69) is 62.6 Å². The van der Waals surface area contributed by atoms with Crippen LogP contribution in [-0.2, 0) is 24.4 Å². The van der Waals surface area contributed by atoms with E-state index < -0.39 is 0 Å². The minimum absolute atomic E-state index is 0.00355. The first-order valence-electron chi connectivity index (χ1n) is 12.0. The van der Waals surface area contributed by atoms with Crippen LogP contribution in [-0.4, -0.2) is 63.2 Å². The molecule has 2 aromatic carbocycles. The Morgan fingerprint density at radius 2 is 1.76 bits per heavy atom. The molecular formula is C26H34N6OS. The SMILES string of the molecule is CCN1CCN(Cc2ccc(CNC(=O)CCn3c(-c4cccc(C)c4)n[nH]c3=S)cc2)CC1. The first-order chi connectivity index (χ1) is 16.5. The van der Waals surface area contributed by atoms with Gasteiger partial charge >= 0.3 is 0 Å². The van der Waals surface area contributed by atoms with E-state index in [1.165, 1.54) is 5.56 Å². The van der Waals surface area contributed by atoms with Gasteiger partial charge in [0.1, 0.15) is 0 Å². The van der Waals surface area contributed by atoms with Crippen LogP contribution in [0.15, 0.2) is 48.5 Å². The molecule has 1 saturated heterocycles. The average Bonchev–Trinajstić information content (AvgIpc) is 3.23. The molecule has 0 atom stereocenters. The molecule has 4 rings (SSSR count). The molecule has 180 valence electrons. The Balaban J connectivity index is 1.25. The molecule has 1 aromatic heterocycles. The van der Waals surface area contributed by atoms with Crippen molar-refractivity contribution in [3.05, 3.63) is 70.0 Å². The minimum atomic E-state index is -0.00355. The molecule has 0 bridgehead atoms. The summed E-state index contributed by atoms with van der Waals surface area (Å²) in [7, 11) is 0. The lowest BCUT2D eigenvalue weighted by Gasteiger charge is -2.34. The van der Waals surface area contributed by atoms with Crippen molar-refractivity contribution < 1.29 is 4.79 Å². The van der Waals surface area contributed by atoms with Gasteiger partial charge in [-0.2, -0.15) is 5.10 Å². The summed E-state index contributed by atoms with van der Waals surface area (Å²) in [6, 6.07) is 16.7. The molecule has 0 spiro atoms. The third-order valence-corrected chi connectivity index (χ3v) is 6.74. The van der Waals surface area contributed by atoms with Gasteiger partial charge in [-0.25, -0.2) is 0 Å². The molecule has 8 heteroatoms. The molecule has 0 radical (unpaired) electrons. The molecule has 1 aliphatic rings. The summed E-state index contributed by atoms with van der Waals surface area (Å²) in [5.74, 6) is 0.754. The monoisotopic (exact) mass is 478 g/mol. The van der Waals surface area contributed by atoms with E-state index in [0.29, 0.717) is 24.3 Å². The lowest BCUT2D eigenvalue weighted by Crippen LogP contribution is -2.45. The number of carbonyl (C=O) groups is 1. The molecule has 1 amide bonds. The van der Waals surface area contributed by atoms with Crippen LogP contribution < -0.4 is 5.32 Å². The second-order valence-corrected chi connectivity index (χ2v) is 9.31. The van der Waals surface area contributed by atoms with E-state index in [9.17, 15) is 4.79 Å². The summed E-state index contributed by atoms with van der Waals surface area (Å²) in [6.45, 7) is 11.9. The van der Waals surface area contributed by atoms with Crippen LogP contribution in [0.1, 0.15) is 30.0 Å². The molecule has 3 aromatic rings. The molecular weight excluding hydrogens is 444 g/mol. The van der Waals surface area contributed by atoms with Crippen LogP contribution in [0.5, 0.6) is 0 Å². The van der Waals surface area contributed by atoms with E-state index in [-0.39, 0.29) is 5.91 Å². The van der Waals surface area contributed by atoms with Gasteiger partial charge in [-0.15, -0.1) is 0 Å². The van der Waals surface area contributed by atoms with Crippen molar-refractivity contribution in [3.8, 4) is 11.4 Å². The summed E-state index contributed by atoms with van der Waals surface area (Å²) in [5, 5.41) is 10.2. The maximum atomic E-state index is 12.5. The van der Waals surface area contributed by atoms with Crippen molar-refractivity contribution in [2.75, 3.05) is 32.7 Å². The number of aromatic nitrogens is 3. The number of aromatic amines is 1. The number of piperazine rings is 1. The Hall–Kier alpha value is -2.81. The van der Waals surface area contributed by atoms with E-state index in [1.807, 2.05) is 29.7 Å². The number of aryl methyl sites for hydroxylation is 1. The van der Waals surface area contributed by atoms with Crippen molar-refractivity contribution in [2.45, 2.75) is 39.9 Å².